The van der Waals surface area contributed by atoms with E-state index in [9.17, 15) is 0 Å². The topological polar surface area (TPSA) is 20.2 Å². The first-order valence-electron chi connectivity index (χ1n) is 4.01. The Morgan fingerprint density at radius 2 is 2.23 bits per heavy atom. The maximum absolute atomic E-state index is 9.06. The van der Waals surface area contributed by atoms with E-state index in [4.69, 9.17) is 16.7 Å². The van der Waals surface area contributed by atoms with Crippen molar-refractivity contribution < 1.29 is 5.11 Å². The van der Waals surface area contributed by atoms with Gasteiger partial charge in [0.2, 0.25) is 0 Å². The van der Waals surface area contributed by atoms with Gasteiger partial charge in [0.25, 0.3) is 0 Å². The van der Waals surface area contributed by atoms with Gasteiger partial charge in [-0.2, -0.15) is 0 Å². The van der Waals surface area contributed by atoms with E-state index in [0.717, 1.165) is 20.8 Å². The number of benzene rings is 1. The quantitative estimate of drug-likeness (QED) is 0.769. The summed E-state index contributed by atoms with van der Waals surface area (Å²) in [6.45, 7) is 2.11. The lowest BCUT2D eigenvalue weighted by Gasteiger charge is -2.02. The van der Waals surface area contributed by atoms with Crippen molar-refractivity contribution >= 4 is 33.0 Å². The average molecular weight is 213 g/mol. The van der Waals surface area contributed by atoms with E-state index >= 15 is 0 Å². The molecule has 0 bridgehead atoms. The van der Waals surface area contributed by atoms with Crippen LogP contribution in [0.2, 0.25) is 4.34 Å². The maximum Gasteiger partial charge on any atom is 0.0940 e. The van der Waals surface area contributed by atoms with Gasteiger partial charge in [-0.15, -0.1) is 11.3 Å². The fourth-order valence-electron chi connectivity index (χ4n) is 1.42. The van der Waals surface area contributed by atoms with E-state index in [1.807, 2.05) is 25.1 Å². The molecule has 13 heavy (non-hydrogen) atoms. The highest BCUT2D eigenvalue weighted by atomic mass is 35.5. The molecule has 1 N–H and O–H groups in total. The summed E-state index contributed by atoms with van der Waals surface area (Å²) in [4.78, 5) is 0. The second-order valence-electron chi connectivity index (χ2n) is 2.98. The minimum absolute atomic E-state index is 0.0945. The second-order valence-corrected chi connectivity index (χ2v) is 4.66. The number of aliphatic hydroxyl groups excluding tert-OH is 1. The van der Waals surface area contributed by atoms with Crippen molar-refractivity contribution in [3.63, 3.8) is 0 Å². The molecule has 0 unspecified atom stereocenters. The number of fused-ring (bicyclic) bond motifs is 1. The summed E-state index contributed by atoms with van der Waals surface area (Å²) < 4.78 is 1.98. The molecule has 0 aliphatic carbocycles. The van der Waals surface area contributed by atoms with Crippen LogP contribution >= 0.6 is 22.9 Å². The fraction of sp³-hybridized carbons (Fsp3) is 0.200. The first-order chi connectivity index (χ1) is 6.22. The maximum atomic E-state index is 9.06. The van der Waals surface area contributed by atoms with E-state index < -0.39 is 0 Å². The van der Waals surface area contributed by atoms with Crippen LogP contribution in [0.1, 0.15) is 11.1 Å². The first kappa shape index (κ1) is 9.00. The van der Waals surface area contributed by atoms with Gasteiger partial charge in [-0.1, -0.05) is 23.7 Å². The smallest absolute Gasteiger partial charge is 0.0940 e. The standard InChI is InChI=1S/C10H9ClOS/c1-6-8(5-12)3-2-7-4-9(11)13-10(6)7/h2-4,12H,5H2,1H3. The Bertz CT molecular complexity index is 447. The van der Waals surface area contributed by atoms with Gasteiger partial charge >= 0.3 is 0 Å². The molecule has 0 amide bonds. The molecular weight excluding hydrogens is 204 g/mol. The molecule has 0 fully saturated rings. The normalized spacial score (nSPS) is 11.0. The summed E-state index contributed by atoms with van der Waals surface area (Å²) >= 11 is 7.47. The van der Waals surface area contributed by atoms with E-state index in [-0.39, 0.29) is 6.61 Å². The van der Waals surface area contributed by atoms with Crippen molar-refractivity contribution in [2.45, 2.75) is 13.5 Å². The lowest BCUT2D eigenvalue weighted by molar-refractivity contribution is 0.281. The van der Waals surface area contributed by atoms with Crippen LogP contribution in [-0.2, 0) is 6.61 Å². The summed E-state index contributed by atoms with van der Waals surface area (Å²) in [7, 11) is 0. The highest BCUT2D eigenvalue weighted by Gasteiger charge is 2.05. The van der Waals surface area contributed by atoms with Crippen LogP contribution in [0.5, 0.6) is 0 Å². The van der Waals surface area contributed by atoms with Crippen LogP contribution in [-0.4, -0.2) is 5.11 Å². The van der Waals surface area contributed by atoms with Crippen LogP contribution < -0.4 is 0 Å². The molecule has 0 saturated carbocycles. The zero-order chi connectivity index (χ0) is 9.42. The number of hydrogen-bond donors (Lipinski definition) is 1. The summed E-state index contributed by atoms with van der Waals surface area (Å²) in [6, 6.07) is 5.90. The van der Waals surface area contributed by atoms with Gasteiger partial charge < -0.3 is 5.11 Å². The van der Waals surface area contributed by atoms with Crippen molar-refractivity contribution in [2.24, 2.45) is 0 Å². The average Bonchev–Trinajstić information content (AvgIpc) is 2.47. The minimum Gasteiger partial charge on any atom is -0.392 e. The zero-order valence-corrected chi connectivity index (χ0v) is 8.75. The highest BCUT2D eigenvalue weighted by molar-refractivity contribution is 7.22. The predicted molar refractivity (Wildman–Crippen MR) is 57.5 cm³/mol. The van der Waals surface area contributed by atoms with Crippen LogP contribution in [0, 0.1) is 6.92 Å². The largest absolute Gasteiger partial charge is 0.392 e. The summed E-state index contributed by atoms with van der Waals surface area (Å²) in [5.74, 6) is 0. The number of thiophene rings is 1. The van der Waals surface area contributed by atoms with E-state index in [1.165, 1.54) is 4.70 Å². The number of aryl methyl sites for hydroxylation is 1. The van der Waals surface area contributed by atoms with Gasteiger partial charge in [-0.3, -0.25) is 0 Å². The lowest BCUT2D eigenvalue weighted by Crippen LogP contribution is -1.86. The third-order valence-corrected chi connectivity index (χ3v) is 3.59. The Kier molecular flexibility index (Phi) is 2.28. The number of rotatable bonds is 1. The molecular formula is C10H9ClOS. The van der Waals surface area contributed by atoms with Crippen molar-refractivity contribution in [1.82, 2.24) is 0 Å². The molecule has 2 rings (SSSR count). The van der Waals surface area contributed by atoms with Gasteiger partial charge in [-0.25, -0.2) is 0 Å². The van der Waals surface area contributed by atoms with Crippen molar-refractivity contribution in [3.05, 3.63) is 33.7 Å². The summed E-state index contributed by atoms with van der Waals surface area (Å²) in [5, 5.41) is 10.2. The van der Waals surface area contributed by atoms with E-state index in [2.05, 4.69) is 0 Å². The monoisotopic (exact) mass is 212 g/mol. The molecule has 1 heterocycles. The Labute approximate surface area is 85.6 Å². The van der Waals surface area contributed by atoms with Gasteiger partial charge in [0.1, 0.15) is 0 Å². The second kappa shape index (κ2) is 3.29. The van der Waals surface area contributed by atoms with Crippen molar-refractivity contribution in [2.75, 3.05) is 0 Å². The van der Waals surface area contributed by atoms with Gasteiger partial charge in [0.15, 0.2) is 0 Å². The van der Waals surface area contributed by atoms with Crippen molar-refractivity contribution in [1.29, 1.82) is 0 Å². The molecule has 68 valence electrons. The third-order valence-electron chi connectivity index (χ3n) is 2.19. The van der Waals surface area contributed by atoms with Gasteiger partial charge in [0, 0.05) is 4.70 Å². The molecule has 1 aromatic carbocycles. The van der Waals surface area contributed by atoms with Crippen molar-refractivity contribution in [3.8, 4) is 0 Å². The predicted octanol–water partition coefficient (Wildman–Crippen LogP) is 3.36. The fourth-order valence-corrected chi connectivity index (χ4v) is 2.68. The Balaban J connectivity index is 2.78. The number of hydrogen-bond acceptors (Lipinski definition) is 2. The van der Waals surface area contributed by atoms with Crippen LogP contribution in [0.25, 0.3) is 10.1 Å². The van der Waals surface area contributed by atoms with Gasteiger partial charge in [0.05, 0.1) is 10.9 Å². The van der Waals surface area contributed by atoms with E-state index in [1.54, 1.807) is 11.3 Å². The highest BCUT2D eigenvalue weighted by Crippen LogP contribution is 2.33. The lowest BCUT2D eigenvalue weighted by atomic mass is 10.1. The molecule has 0 aliphatic heterocycles. The Hall–Kier alpha value is -0.570. The number of halogens is 1. The molecule has 0 spiro atoms. The Morgan fingerprint density at radius 1 is 1.46 bits per heavy atom. The summed E-state index contributed by atoms with van der Waals surface area (Å²) in [5.41, 5.74) is 2.11. The molecule has 1 aromatic heterocycles. The third kappa shape index (κ3) is 1.46. The molecule has 3 heteroatoms. The molecule has 0 radical (unpaired) electrons. The Morgan fingerprint density at radius 3 is 2.92 bits per heavy atom. The summed E-state index contributed by atoms with van der Waals surface area (Å²) in [6.07, 6.45) is 0. The molecule has 2 aromatic rings. The zero-order valence-electron chi connectivity index (χ0n) is 7.17. The van der Waals surface area contributed by atoms with E-state index in [0.29, 0.717) is 0 Å². The molecule has 0 aliphatic rings. The SMILES string of the molecule is Cc1c(CO)ccc2cc(Cl)sc12. The molecule has 0 atom stereocenters. The molecule has 1 nitrogen and oxygen atoms in total. The first-order valence-corrected chi connectivity index (χ1v) is 5.20. The van der Waals surface area contributed by atoms with Crippen LogP contribution in [0.4, 0.5) is 0 Å². The van der Waals surface area contributed by atoms with Crippen LogP contribution in [0.15, 0.2) is 18.2 Å². The number of aliphatic hydroxyl groups is 1. The van der Waals surface area contributed by atoms with Crippen LogP contribution in [0.3, 0.4) is 0 Å². The van der Waals surface area contributed by atoms with Gasteiger partial charge in [-0.05, 0) is 29.5 Å². The minimum atomic E-state index is 0.0945. The molecule has 0 saturated heterocycles.